The molecule has 0 fully saturated rings. The number of para-hydroxylation sites is 1. The van der Waals surface area contributed by atoms with Crippen LogP contribution >= 0.6 is 23.1 Å². The summed E-state index contributed by atoms with van der Waals surface area (Å²) in [6, 6.07) is 13.6. The molecule has 1 aromatic heterocycles. The van der Waals surface area contributed by atoms with E-state index in [-0.39, 0.29) is 29.8 Å². The Morgan fingerprint density at radius 2 is 1.94 bits per heavy atom. The maximum absolute atomic E-state index is 12.6. The number of hydrogen-bond acceptors (Lipinski definition) is 9. The number of amides is 2. The average Bonchev–Trinajstić information content (AvgIpc) is 3.24. The van der Waals surface area contributed by atoms with Crippen molar-refractivity contribution in [3.8, 4) is 5.75 Å². The Labute approximate surface area is 192 Å². The number of hydrogen-bond donors (Lipinski definition) is 2. The third-order valence-corrected chi connectivity index (χ3v) is 5.93. The second-order valence-corrected chi connectivity index (χ2v) is 8.47. The van der Waals surface area contributed by atoms with E-state index in [1.54, 1.807) is 55.5 Å². The van der Waals surface area contributed by atoms with Crippen molar-refractivity contribution in [2.45, 2.75) is 17.9 Å². The van der Waals surface area contributed by atoms with E-state index in [2.05, 4.69) is 15.5 Å². The van der Waals surface area contributed by atoms with Crippen LogP contribution in [0.2, 0.25) is 0 Å². The van der Waals surface area contributed by atoms with Crippen LogP contribution in [0.1, 0.15) is 33.2 Å². The molecule has 166 valence electrons. The summed E-state index contributed by atoms with van der Waals surface area (Å²) < 4.78 is 11.1. The number of nitrogens with two attached hydrogens (primary N) is 1. The third-order valence-electron chi connectivity index (χ3n) is 3.98. The van der Waals surface area contributed by atoms with Crippen LogP contribution in [0.15, 0.2) is 52.9 Å². The van der Waals surface area contributed by atoms with Gasteiger partial charge in [0.15, 0.2) is 4.34 Å². The standard InChI is InChI=1S/C21H20N4O5S2/c1-2-29-17(26)12-31-21-25-24-20(32-21)23-19(28)14-7-5-6-13(10-14)11-30-16-9-4-3-8-15(16)18(22)27/h3-10H,2,11-12H2,1H3,(H2,22,27)(H,23,24,28). The summed E-state index contributed by atoms with van der Waals surface area (Å²) in [4.78, 5) is 35.5. The van der Waals surface area contributed by atoms with Crippen LogP contribution in [-0.4, -0.2) is 40.3 Å². The lowest BCUT2D eigenvalue weighted by Crippen LogP contribution is -2.13. The van der Waals surface area contributed by atoms with Gasteiger partial charge in [-0.05, 0) is 36.8 Å². The molecule has 0 aliphatic carbocycles. The number of thioether (sulfide) groups is 1. The molecule has 11 heteroatoms. The molecule has 0 unspecified atom stereocenters. The second-order valence-electron chi connectivity index (χ2n) is 6.27. The van der Waals surface area contributed by atoms with Crippen molar-refractivity contribution < 1.29 is 23.9 Å². The molecule has 2 aromatic carbocycles. The van der Waals surface area contributed by atoms with Crippen molar-refractivity contribution in [2.75, 3.05) is 17.7 Å². The fraction of sp³-hybridized carbons (Fsp3) is 0.190. The third kappa shape index (κ3) is 6.53. The summed E-state index contributed by atoms with van der Waals surface area (Å²) in [5, 5.41) is 10.9. The average molecular weight is 473 g/mol. The van der Waals surface area contributed by atoms with Gasteiger partial charge in [-0.25, -0.2) is 0 Å². The van der Waals surface area contributed by atoms with E-state index < -0.39 is 5.91 Å². The number of benzene rings is 2. The summed E-state index contributed by atoms with van der Waals surface area (Å²) in [5.41, 5.74) is 6.79. The molecule has 9 nitrogen and oxygen atoms in total. The molecule has 3 aromatic rings. The first-order valence-electron chi connectivity index (χ1n) is 9.50. The van der Waals surface area contributed by atoms with Crippen LogP contribution in [0, 0.1) is 0 Å². The van der Waals surface area contributed by atoms with E-state index in [0.29, 0.717) is 27.4 Å². The molecule has 0 bridgehead atoms. The van der Waals surface area contributed by atoms with Crippen LogP contribution in [0.4, 0.5) is 5.13 Å². The molecule has 0 atom stereocenters. The zero-order chi connectivity index (χ0) is 22.9. The number of carbonyl (C=O) groups excluding carboxylic acids is 3. The Bertz CT molecular complexity index is 1120. The summed E-state index contributed by atoms with van der Waals surface area (Å²) >= 11 is 2.36. The SMILES string of the molecule is CCOC(=O)CSc1nnc(NC(=O)c2cccc(COc3ccccc3C(N)=O)c2)s1. The summed E-state index contributed by atoms with van der Waals surface area (Å²) in [7, 11) is 0. The maximum Gasteiger partial charge on any atom is 0.316 e. The highest BCUT2D eigenvalue weighted by atomic mass is 32.2. The maximum atomic E-state index is 12.6. The van der Waals surface area contributed by atoms with Crippen LogP contribution in [0.3, 0.4) is 0 Å². The van der Waals surface area contributed by atoms with E-state index in [1.807, 2.05) is 0 Å². The lowest BCUT2D eigenvalue weighted by molar-refractivity contribution is -0.139. The highest BCUT2D eigenvalue weighted by Gasteiger charge is 2.13. The summed E-state index contributed by atoms with van der Waals surface area (Å²) in [6.07, 6.45) is 0. The Morgan fingerprint density at radius 1 is 1.12 bits per heavy atom. The molecule has 0 aliphatic rings. The van der Waals surface area contributed by atoms with Crippen molar-refractivity contribution in [1.82, 2.24) is 10.2 Å². The number of esters is 1. The number of primary amides is 1. The number of rotatable bonds is 10. The van der Waals surface area contributed by atoms with Crippen LogP contribution < -0.4 is 15.8 Å². The van der Waals surface area contributed by atoms with E-state index >= 15 is 0 Å². The zero-order valence-electron chi connectivity index (χ0n) is 17.1. The summed E-state index contributed by atoms with van der Waals surface area (Å²) in [5.74, 6) is -0.780. The largest absolute Gasteiger partial charge is 0.488 e. The number of nitrogens with zero attached hydrogens (tertiary/aromatic N) is 2. The van der Waals surface area contributed by atoms with Crippen molar-refractivity contribution in [1.29, 1.82) is 0 Å². The number of nitrogens with one attached hydrogen (secondary N) is 1. The number of anilines is 1. The predicted molar refractivity (Wildman–Crippen MR) is 121 cm³/mol. The van der Waals surface area contributed by atoms with Crippen molar-refractivity contribution in [2.24, 2.45) is 5.73 Å². The van der Waals surface area contributed by atoms with Gasteiger partial charge < -0.3 is 15.2 Å². The molecule has 0 saturated heterocycles. The fourth-order valence-corrected chi connectivity index (χ4v) is 4.12. The van der Waals surface area contributed by atoms with Gasteiger partial charge in [-0.15, -0.1) is 10.2 Å². The van der Waals surface area contributed by atoms with Gasteiger partial charge >= 0.3 is 5.97 Å². The quantitative estimate of drug-likeness (QED) is 0.261. The van der Waals surface area contributed by atoms with E-state index in [4.69, 9.17) is 15.2 Å². The minimum absolute atomic E-state index is 0.122. The molecule has 0 aliphatic heterocycles. The Kier molecular flexibility index (Phi) is 8.17. The molecule has 0 spiro atoms. The van der Waals surface area contributed by atoms with Crippen molar-refractivity contribution in [3.05, 3.63) is 65.2 Å². The number of aromatic nitrogens is 2. The second kappa shape index (κ2) is 11.3. The minimum Gasteiger partial charge on any atom is -0.488 e. The molecule has 3 rings (SSSR count). The van der Waals surface area contributed by atoms with Gasteiger partial charge in [-0.3, -0.25) is 19.7 Å². The van der Waals surface area contributed by atoms with Gasteiger partial charge in [0.25, 0.3) is 11.8 Å². The molecular formula is C21H20N4O5S2. The number of carbonyl (C=O) groups is 3. The molecule has 3 N–H and O–H groups in total. The first kappa shape index (κ1) is 23.2. The highest BCUT2D eigenvalue weighted by molar-refractivity contribution is 8.01. The van der Waals surface area contributed by atoms with E-state index in [1.165, 1.54) is 11.8 Å². The molecular weight excluding hydrogens is 452 g/mol. The minimum atomic E-state index is -0.578. The van der Waals surface area contributed by atoms with Gasteiger partial charge in [-0.1, -0.05) is 47.4 Å². The van der Waals surface area contributed by atoms with Gasteiger partial charge in [0.2, 0.25) is 5.13 Å². The monoisotopic (exact) mass is 472 g/mol. The Hall–Kier alpha value is -3.44. The lowest BCUT2D eigenvalue weighted by atomic mass is 10.1. The van der Waals surface area contributed by atoms with Crippen molar-refractivity contribution in [3.63, 3.8) is 0 Å². The first-order valence-corrected chi connectivity index (χ1v) is 11.3. The first-order chi connectivity index (χ1) is 15.5. The smallest absolute Gasteiger partial charge is 0.316 e. The molecule has 32 heavy (non-hydrogen) atoms. The van der Waals surface area contributed by atoms with Gasteiger partial charge in [0.1, 0.15) is 12.4 Å². The molecule has 1 heterocycles. The van der Waals surface area contributed by atoms with Crippen molar-refractivity contribution >= 4 is 46.0 Å². The van der Waals surface area contributed by atoms with Gasteiger partial charge in [0, 0.05) is 5.56 Å². The van der Waals surface area contributed by atoms with E-state index in [0.717, 1.165) is 16.9 Å². The molecule has 0 saturated carbocycles. The normalized spacial score (nSPS) is 10.4. The van der Waals surface area contributed by atoms with Crippen LogP contribution in [-0.2, 0) is 16.1 Å². The molecule has 0 radical (unpaired) electrons. The van der Waals surface area contributed by atoms with Crippen LogP contribution in [0.5, 0.6) is 5.75 Å². The summed E-state index contributed by atoms with van der Waals surface area (Å²) in [6.45, 7) is 2.21. The zero-order valence-corrected chi connectivity index (χ0v) is 18.7. The highest BCUT2D eigenvalue weighted by Crippen LogP contribution is 2.26. The molecule has 2 amide bonds. The number of ether oxygens (including phenoxy) is 2. The van der Waals surface area contributed by atoms with E-state index in [9.17, 15) is 14.4 Å². The van der Waals surface area contributed by atoms with Gasteiger partial charge in [0.05, 0.1) is 17.9 Å². The fourth-order valence-electron chi connectivity index (χ4n) is 2.57. The lowest BCUT2D eigenvalue weighted by Gasteiger charge is -2.10. The van der Waals surface area contributed by atoms with Crippen LogP contribution in [0.25, 0.3) is 0 Å². The predicted octanol–water partition coefficient (Wildman–Crippen LogP) is 3.12. The Morgan fingerprint density at radius 3 is 2.72 bits per heavy atom. The van der Waals surface area contributed by atoms with Gasteiger partial charge in [-0.2, -0.15) is 0 Å². The topological polar surface area (TPSA) is 134 Å². The Balaban J connectivity index is 1.59.